The van der Waals surface area contributed by atoms with E-state index in [0.29, 0.717) is 23.4 Å². The van der Waals surface area contributed by atoms with Crippen molar-refractivity contribution in [3.05, 3.63) is 107 Å². The van der Waals surface area contributed by atoms with Crippen LogP contribution in [0.4, 0.5) is 11.4 Å². The molecule has 2 N–H and O–H groups in total. The Hall–Kier alpha value is -4.52. The summed E-state index contributed by atoms with van der Waals surface area (Å²) in [6.45, 7) is 4.33. The van der Waals surface area contributed by atoms with Crippen LogP contribution in [0, 0.1) is 13.8 Å². The Labute approximate surface area is 197 Å². The molecule has 5 rings (SSSR count). The van der Waals surface area contributed by atoms with Gasteiger partial charge in [0.05, 0.1) is 29.1 Å². The normalized spacial score (nSPS) is 13.9. The van der Waals surface area contributed by atoms with Gasteiger partial charge < -0.3 is 15.2 Å². The third-order valence-corrected chi connectivity index (χ3v) is 5.76. The molecule has 1 aromatic carbocycles. The summed E-state index contributed by atoms with van der Waals surface area (Å²) in [6, 6.07) is 16.6. The first-order valence-corrected chi connectivity index (χ1v) is 10.9. The van der Waals surface area contributed by atoms with Gasteiger partial charge in [0.15, 0.2) is 0 Å². The second-order valence-corrected chi connectivity index (χ2v) is 8.25. The zero-order valence-corrected chi connectivity index (χ0v) is 18.9. The number of hydrogen-bond acceptors (Lipinski definition) is 4. The number of rotatable bonds is 5. The molecule has 0 radical (unpaired) electrons. The molecule has 0 bridgehead atoms. The first-order chi connectivity index (χ1) is 16.5. The molecule has 1 aliphatic heterocycles. The Balaban J connectivity index is 1.54. The summed E-state index contributed by atoms with van der Waals surface area (Å²) >= 11 is 0. The van der Waals surface area contributed by atoms with E-state index in [1.807, 2.05) is 56.3 Å². The fourth-order valence-electron chi connectivity index (χ4n) is 4.12. The molecule has 1 aliphatic rings. The van der Waals surface area contributed by atoms with Crippen molar-refractivity contribution in [3.8, 4) is 0 Å². The summed E-state index contributed by atoms with van der Waals surface area (Å²) in [6.07, 6.45) is 6.74. The highest BCUT2D eigenvalue weighted by molar-refractivity contribution is 6.36. The van der Waals surface area contributed by atoms with E-state index in [0.717, 1.165) is 33.9 Å². The summed E-state index contributed by atoms with van der Waals surface area (Å²) in [5.41, 5.74) is 6.99. The molecule has 0 fully saturated rings. The van der Waals surface area contributed by atoms with Gasteiger partial charge in [-0.3, -0.25) is 19.6 Å². The molecule has 3 aromatic heterocycles. The first kappa shape index (κ1) is 21.3. The molecule has 0 aliphatic carbocycles. The Bertz CT molecular complexity index is 1410. The number of aryl methyl sites for hydroxylation is 2. The molecule has 0 saturated heterocycles. The van der Waals surface area contributed by atoms with Gasteiger partial charge in [-0.15, -0.1) is 0 Å². The number of nitrogens with one attached hydrogen (secondary N) is 2. The molecule has 168 valence electrons. The SMILES string of the molecule is Cc1cc(C)c(/C=C2\C(=O)N(Cc3ccccn3)c3cc(NC(=O)c4cccnc4)ccc32)[nH]1. The highest BCUT2D eigenvalue weighted by Gasteiger charge is 2.33. The lowest BCUT2D eigenvalue weighted by Gasteiger charge is -2.17. The Morgan fingerprint density at radius 3 is 2.68 bits per heavy atom. The molecule has 7 nitrogen and oxygen atoms in total. The van der Waals surface area contributed by atoms with E-state index < -0.39 is 0 Å². The van der Waals surface area contributed by atoms with Crippen LogP contribution in [0.2, 0.25) is 0 Å². The van der Waals surface area contributed by atoms with E-state index in [1.54, 1.807) is 29.4 Å². The van der Waals surface area contributed by atoms with Crippen LogP contribution >= 0.6 is 0 Å². The number of fused-ring (bicyclic) bond motifs is 1. The zero-order valence-electron chi connectivity index (χ0n) is 18.9. The molecule has 2 amide bonds. The van der Waals surface area contributed by atoms with Gasteiger partial charge in [-0.25, -0.2) is 0 Å². The predicted octanol–water partition coefficient (Wildman–Crippen LogP) is 4.76. The van der Waals surface area contributed by atoms with Crippen molar-refractivity contribution in [1.29, 1.82) is 0 Å². The maximum Gasteiger partial charge on any atom is 0.259 e. The fourth-order valence-corrected chi connectivity index (χ4v) is 4.12. The van der Waals surface area contributed by atoms with Gasteiger partial charge in [0.25, 0.3) is 11.8 Å². The average molecular weight is 450 g/mol. The Morgan fingerprint density at radius 2 is 1.97 bits per heavy atom. The number of aromatic nitrogens is 3. The van der Waals surface area contributed by atoms with Gasteiger partial charge in [0.1, 0.15) is 0 Å². The number of carbonyl (C=O) groups is 2. The zero-order chi connectivity index (χ0) is 23.7. The summed E-state index contributed by atoms with van der Waals surface area (Å²) in [4.78, 5) is 39.6. The number of aromatic amines is 1. The first-order valence-electron chi connectivity index (χ1n) is 10.9. The summed E-state index contributed by atoms with van der Waals surface area (Å²) < 4.78 is 0. The number of H-pyrrole nitrogens is 1. The maximum absolute atomic E-state index is 13.6. The molecule has 0 unspecified atom stereocenters. The number of carbonyl (C=O) groups excluding carboxylic acids is 2. The van der Waals surface area contributed by atoms with Crippen molar-refractivity contribution in [1.82, 2.24) is 15.0 Å². The average Bonchev–Trinajstić information content (AvgIpc) is 3.30. The smallest absolute Gasteiger partial charge is 0.259 e. The van der Waals surface area contributed by atoms with Crippen molar-refractivity contribution in [2.45, 2.75) is 20.4 Å². The van der Waals surface area contributed by atoms with E-state index in [4.69, 9.17) is 0 Å². The van der Waals surface area contributed by atoms with E-state index in [-0.39, 0.29) is 11.8 Å². The topological polar surface area (TPSA) is 91.0 Å². The predicted molar refractivity (Wildman–Crippen MR) is 132 cm³/mol. The van der Waals surface area contributed by atoms with Gasteiger partial charge in [-0.05, 0) is 68.0 Å². The van der Waals surface area contributed by atoms with Crippen LogP contribution in [0.3, 0.4) is 0 Å². The molecule has 7 heteroatoms. The molecule has 0 saturated carbocycles. The van der Waals surface area contributed by atoms with E-state index >= 15 is 0 Å². The standard InChI is InChI=1S/C27H23N5O2/c1-17-12-18(2)30-24(17)14-23-22-9-8-20(31-26(33)19-6-5-10-28-15-19)13-25(22)32(27(23)34)16-21-7-3-4-11-29-21/h3-15,30H,16H2,1-2H3,(H,31,33)/b23-14-. The summed E-state index contributed by atoms with van der Waals surface area (Å²) in [7, 11) is 0. The minimum absolute atomic E-state index is 0.108. The van der Waals surface area contributed by atoms with Crippen LogP contribution in [0.1, 0.15) is 38.6 Å². The van der Waals surface area contributed by atoms with Gasteiger partial charge >= 0.3 is 0 Å². The third-order valence-electron chi connectivity index (χ3n) is 5.76. The second kappa shape index (κ2) is 8.78. The Kier molecular flexibility index (Phi) is 5.51. The molecule has 34 heavy (non-hydrogen) atoms. The van der Waals surface area contributed by atoms with Gasteiger partial charge in [-0.2, -0.15) is 0 Å². The maximum atomic E-state index is 13.6. The minimum Gasteiger partial charge on any atom is -0.359 e. The minimum atomic E-state index is -0.262. The molecule has 4 heterocycles. The van der Waals surface area contributed by atoms with Crippen molar-refractivity contribution in [3.63, 3.8) is 0 Å². The van der Waals surface area contributed by atoms with Crippen LogP contribution < -0.4 is 10.2 Å². The number of pyridine rings is 2. The lowest BCUT2D eigenvalue weighted by Crippen LogP contribution is -2.26. The van der Waals surface area contributed by atoms with Crippen LogP contribution in [0.5, 0.6) is 0 Å². The summed E-state index contributed by atoms with van der Waals surface area (Å²) in [5.74, 6) is -0.370. The Morgan fingerprint density at radius 1 is 1.09 bits per heavy atom. The third kappa shape index (κ3) is 4.11. The fraction of sp³-hybridized carbons (Fsp3) is 0.111. The van der Waals surface area contributed by atoms with E-state index in [1.165, 1.54) is 6.20 Å². The van der Waals surface area contributed by atoms with Crippen LogP contribution in [-0.2, 0) is 11.3 Å². The van der Waals surface area contributed by atoms with Gasteiger partial charge in [-0.1, -0.05) is 12.1 Å². The van der Waals surface area contributed by atoms with Gasteiger partial charge in [0, 0.05) is 41.2 Å². The molecule has 4 aromatic rings. The second-order valence-electron chi connectivity index (χ2n) is 8.25. The largest absolute Gasteiger partial charge is 0.359 e. The van der Waals surface area contributed by atoms with Crippen LogP contribution in [0.15, 0.2) is 73.2 Å². The lowest BCUT2D eigenvalue weighted by molar-refractivity contribution is -0.113. The van der Waals surface area contributed by atoms with Crippen LogP contribution in [-0.4, -0.2) is 26.8 Å². The van der Waals surface area contributed by atoms with Crippen LogP contribution in [0.25, 0.3) is 11.6 Å². The number of anilines is 2. The molecule has 0 spiro atoms. The molecular formula is C27H23N5O2. The number of benzene rings is 1. The van der Waals surface area contributed by atoms with Crippen molar-refractivity contribution >= 4 is 34.8 Å². The van der Waals surface area contributed by atoms with Crippen molar-refractivity contribution in [2.24, 2.45) is 0 Å². The summed E-state index contributed by atoms with van der Waals surface area (Å²) in [5, 5.41) is 2.91. The van der Waals surface area contributed by atoms with E-state index in [9.17, 15) is 9.59 Å². The monoisotopic (exact) mass is 449 g/mol. The molecule has 0 atom stereocenters. The number of amides is 2. The quantitative estimate of drug-likeness (QED) is 0.430. The van der Waals surface area contributed by atoms with E-state index in [2.05, 4.69) is 26.3 Å². The highest BCUT2D eigenvalue weighted by atomic mass is 16.2. The molecular weight excluding hydrogens is 426 g/mol. The number of nitrogens with zero attached hydrogens (tertiary/aromatic N) is 3. The highest BCUT2D eigenvalue weighted by Crippen LogP contribution is 2.40. The number of hydrogen-bond donors (Lipinski definition) is 2. The van der Waals surface area contributed by atoms with Crippen molar-refractivity contribution < 1.29 is 9.59 Å². The lowest BCUT2D eigenvalue weighted by atomic mass is 10.0. The van der Waals surface area contributed by atoms with Crippen molar-refractivity contribution in [2.75, 3.05) is 10.2 Å². The van der Waals surface area contributed by atoms with Gasteiger partial charge in [0.2, 0.25) is 0 Å².